The maximum absolute atomic E-state index is 11.8. The number of hydrogen-bond acceptors (Lipinski definition) is 2. The smallest absolute Gasteiger partial charge is 0.253 e. The summed E-state index contributed by atoms with van der Waals surface area (Å²) in [7, 11) is 0. The third-order valence-corrected chi connectivity index (χ3v) is 3.27. The highest BCUT2D eigenvalue weighted by Crippen LogP contribution is 2.44. The van der Waals surface area contributed by atoms with Crippen LogP contribution in [0.4, 0.5) is 5.69 Å². The van der Waals surface area contributed by atoms with Gasteiger partial charge in [0.1, 0.15) is 0 Å². The van der Waals surface area contributed by atoms with E-state index in [2.05, 4.69) is 12.2 Å². The molecule has 0 atom stereocenters. The number of carbonyl (C=O) groups excluding carboxylic acids is 1. The Kier molecular flexibility index (Phi) is 2.80. The first kappa shape index (κ1) is 11.3. The highest BCUT2D eigenvalue weighted by Gasteiger charge is 2.37. The lowest BCUT2D eigenvalue weighted by Gasteiger charge is -2.11. The molecule has 2 rings (SSSR count). The highest BCUT2D eigenvalue weighted by atomic mass is 35.5. The first-order valence-corrected chi connectivity index (χ1v) is 5.71. The minimum absolute atomic E-state index is 0.123. The van der Waals surface area contributed by atoms with Gasteiger partial charge in [-0.2, -0.15) is 0 Å². The largest absolute Gasteiger partial charge is 0.398 e. The van der Waals surface area contributed by atoms with Gasteiger partial charge in [-0.15, -0.1) is 0 Å². The van der Waals surface area contributed by atoms with Gasteiger partial charge < -0.3 is 11.1 Å². The van der Waals surface area contributed by atoms with E-state index >= 15 is 0 Å². The lowest BCUT2D eigenvalue weighted by atomic mass is 10.1. The number of hydrogen-bond donors (Lipinski definition) is 2. The number of carbonyl (C=O) groups is 1. The SMILES string of the molecule is CC1(CNC(=O)c2ccc(Cl)cc2N)CC1. The van der Waals surface area contributed by atoms with Gasteiger partial charge in [-0.3, -0.25) is 4.79 Å². The van der Waals surface area contributed by atoms with Gasteiger partial charge in [-0.25, -0.2) is 0 Å². The van der Waals surface area contributed by atoms with Crippen molar-refractivity contribution in [3.63, 3.8) is 0 Å². The van der Waals surface area contributed by atoms with E-state index in [4.69, 9.17) is 17.3 Å². The Labute approximate surface area is 100.0 Å². The van der Waals surface area contributed by atoms with Crippen LogP contribution >= 0.6 is 11.6 Å². The second-order valence-corrected chi connectivity index (χ2v) is 5.16. The molecule has 1 aromatic carbocycles. The normalized spacial score (nSPS) is 16.9. The number of anilines is 1. The number of benzene rings is 1. The standard InChI is InChI=1S/C12H15ClN2O/c1-12(4-5-12)7-15-11(16)9-3-2-8(13)6-10(9)14/h2-3,6H,4-5,7,14H2,1H3,(H,15,16). The van der Waals surface area contributed by atoms with Crippen molar-refractivity contribution in [2.45, 2.75) is 19.8 Å². The summed E-state index contributed by atoms with van der Waals surface area (Å²) in [4.78, 5) is 11.8. The second kappa shape index (κ2) is 3.98. The molecule has 0 spiro atoms. The minimum atomic E-state index is -0.123. The monoisotopic (exact) mass is 238 g/mol. The molecule has 0 radical (unpaired) electrons. The molecule has 0 aromatic heterocycles. The molecule has 1 saturated carbocycles. The van der Waals surface area contributed by atoms with Gasteiger partial charge in [0.25, 0.3) is 5.91 Å². The average Bonchev–Trinajstić information content (AvgIpc) is 2.94. The summed E-state index contributed by atoms with van der Waals surface area (Å²) in [6.45, 7) is 2.88. The zero-order valence-electron chi connectivity index (χ0n) is 9.22. The fraction of sp³-hybridized carbons (Fsp3) is 0.417. The molecule has 0 heterocycles. The summed E-state index contributed by atoms with van der Waals surface area (Å²) < 4.78 is 0. The molecule has 0 bridgehead atoms. The zero-order valence-corrected chi connectivity index (χ0v) is 9.97. The lowest BCUT2D eigenvalue weighted by Crippen LogP contribution is -2.29. The summed E-state index contributed by atoms with van der Waals surface area (Å²) in [6, 6.07) is 4.92. The Morgan fingerprint density at radius 2 is 2.25 bits per heavy atom. The molecule has 86 valence electrons. The van der Waals surface area contributed by atoms with E-state index in [1.54, 1.807) is 18.2 Å². The summed E-state index contributed by atoms with van der Waals surface area (Å²) >= 11 is 5.77. The molecule has 3 N–H and O–H groups in total. The van der Waals surface area contributed by atoms with Gasteiger partial charge in [-0.05, 0) is 36.5 Å². The van der Waals surface area contributed by atoms with Crippen LogP contribution in [0.15, 0.2) is 18.2 Å². The minimum Gasteiger partial charge on any atom is -0.398 e. The highest BCUT2D eigenvalue weighted by molar-refractivity contribution is 6.31. The Morgan fingerprint density at radius 3 is 2.81 bits per heavy atom. The first-order valence-electron chi connectivity index (χ1n) is 5.33. The van der Waals surface area contributed by atoms with Gasteiger partial charge in [-0.1, -0.05) is 18.5 Å². The second-order valence-electron chi connectivity index (χ2n) is 4.72. The predicted molar refractivity (Wildman–Crippen MR) is 65.5 cm³/mol. The maximum atomic E-state index is 11.8. The van der Waals surface area contributed by atoms with Gasteiger partial charge in [0.15, 0.2) is 0 Å². The lowest BCUT2D eigenvalue weighted by molar-refractivity contribution is 0.0947. The molecule has 0 unspecified atom stereocenters. The number of halogens is 1. The first-order chi connectivity index (χ1) is 7.50. The number of nitrogens with two attached hydrogens (primary N) is 1. The molecule has 1 fully saturated rings. The Bertz CT molecular complexity index is 427. The van der Waals surface area contributed by atoms with Crippen LogP contribution in [0.2, 0.25) is 5.02 Å². The summed E-state index contributed by atoms with van der Waals surface area (Å²) in [5.41, 5.74) is 6.95. The number of nitrogen functional groups attached to an aromatic ring is 1. The van der Waals surface area contributed by atoms with Gasteiger partial charge >= 0.3 is 0 Å². The van der Waals surface area contributed by atoms with Crippen molar-refractivity contribution in [3.8, 4) is 0 Å². The Balaban J connectivity index is 2.02. The van der Waals surface area contributed by atoms with Crippen LogP contribution in [0.3, 0.4) is 0 Å². The van der Waals surface area contributed by atoms with E-state index in [0.717, 1.165) is 0 Å². The van der Waals surface area contributed by atoms with E-state index in [1.165, 1.54) is 12.8 Å². The topological polar surface area (TPSA) is 55.1 Å². The molecular weight excluding hydrogens is 224 g/mol. The predicted octanol–water partition coefficient (Wildman–Crippen LogP) is 2.45. The number of nitrogens with one attached hydrogen (secondary N) is 1. The van der Waals surface area contributed by atoms with Crippen LogP contribution in [0.25, 0.3) is 0 Å². The summed E-state index contributed by atoms with van der Waals surface area (Å²) in [5.74, 6) is -0.123. The molecular formula is C12H15ClN2O. The van der Waals surface area contributed by atoms with Gasteiger partial charge in [0.05, 0.1) is 5.56 Å². The van der Waals surface area contributed by atoms with Gasteiger partial charge in [0, 0.05) is 17.3 Å². The van der Waals surface area contributed by atoms with Crippen molar-refractivity contribution < 1.29 is 4.79 Å². The fourth-order valence-electron chi connectivity index (χ4n) is 1.52. The van der Waals surface area contributed by atoms with Crippen LogP contribution in [0.1, 0.15) is 30.1 Å². The van der Waals surface area contributed by atoms with Crippen LogP contribution in [-0.4, -0.2) is 12.5 Å². The quantitative estimate of drug-likeness (QED) is 0.795. The van der Waals surface area contributed by atoms with E-state index in [1.807, 2.05) is 0 Å². The summed E-state index contributed by atoms with van der Waals surface area (Å²) in [5, 5.41) is 3.44. The van der Waals surface area contributed by atoms with Crippen LogP contribution < -0.4 is 11.1 Å². The van der Waals surface area contributed by atoms with Crippen LogP contribution in [-0.2, 0) is 0 Å². The third kappa shape index (κ3) is 2.47. The zero-order chi connectivity index (χ0) is 11.8. The van der Waals surface area contributed by atoms with Crippen molar-refractivity contribution in [1.29, 1.82) is 0 Å². The molecule has 1 aliphatic carbocycles. The van der Waals surface area contributed by atoms with Crippen LogP contribution in [0.5, 0.6) is 0 Å². The average molecular weight is 239 g/mol. The molecule has 4 heteroatoms. The Hall–Kier alpha value is -1.22. The molecule has 1 aromatic rings. The molecule has 0 saturated heterocycles. The van der Waals surface area contributed by atoms with Gasteiger partial charge in [0.2, 0.25) is 0 Å². The summed E-state index contributed by atoms with van der Waals surface area (Å²) in [6.07, 6.45) is 2.37. The third-order valence-electron chi connectivity index (χ3n) is 3.04. The number of rotatable bonds is 3. The molecule has 0 aliphatic heterocycles. The van der Waals surface area contributed by atoms with E-state index < -0.39 is 0 Å². The Morgan fingerprint density at radius 1 is 1.56 bits per heavy atom. The molecule has 1 aliphatic rings. The number of amides is 1. The van der Waals surface area contributed by atoms with Crippen LogP contribution in [0, 0.1) is 5.41 Å². The van der Waals surface area contributed by atoms with Crippen molar-refractivity contribution in [1.82, 2.24) is 5.32 Å². The van der Waals surface area contributed by atoms with E-state index in [-0.39, 0.29) is 5.91 Å². The van der Waals surface area contributed by atoms with Crippen molar-refractivity contribution in [2.24, 2.45) is 5.41 Å². The van der Waals surface area contributed by atoms with E-state index in [0.29, 0.717) is 28.2 Å². The van der Waals surface area contributed by atoms with E-state index in [9.17, 15) is 4.79 Å². The maximum Gasteiger partial charge on any atom is 0.253 e. The fourth-order valence-corrected chi connectivity index (χ4v) is 1.70. The molecule has 16 heavy (non-hydrogen) atoms. The van der Waals surface area contributed by atoms with Crippen molar-refractivity contribution >= 4 is 23.2 Å². The van der Waals surface area contributed by atoms with Crippen molar-refractivity contribution in [2.75, 3.05) is 12.3 Å². The molecule has 1 amide bonds. The molecule has 3 nitrogen and oxygen atoms in total. The van der Waals surface area contributed by atoms with Crippen molar-refractivity contribution in [3.05, 3.63) is 28.8 Å².